The highest BCUT2D eigenvalue weighted by molar-refractivity contribution is 7.16. The Kier molecular flexibility index (Phi) is 5.14. The van der Waals surface area contributed by atoms with Crippen LogP contribution in [0, 0.1) is 21.4 Å². The number of fused-ring (bicyclic) bond motifs is 1. The molecule has 0 amide bonds. The van der Waals surface area contributed by atoms with Crippen molar-refractivity contribution < 1.29 is 14.1 Å². The summed E-state index contributed by atoms with van der Waals surface area (Å²) in [6, 6.07) is 10.1. The molecule has 4 rings (SSSR count). The predicted molar refractivity (Wildman–Crippen MR) is 110 cm³/mol. The van der Waals surface area contributed by atoms with Gasteiger partial charge in [0.15, 0.2) is 0 Å². The molecular formula is C21H17N3O4S. The molecule has 8 heteroatoms. The standard InChI is InChI=1S/C21H17N3O4S/c1-27-18-8-6-13(24(25)26)10-16(18)19-9-7-14(28-19)12-23-21-17(11-22)15-4-2-3-5-20(15)29-21/h6-10,12H,2-5H2,1H3. The van der Waals surface area contributed by atoms with Crippen LogP contribution in [0.2, 0.25) is 0 Å². The number of aryl methyl sites for hydroxylation is 1. The second-order valence-corrected chi connectivity index (χ2v) is 7.69. The fourth-order valence-electron chi connectivity index (χ4n) is 3.45. The highest BCUT2D eigenvalue weighted by atomic mass is 32.1. The van der Waals surface area contributed by atoms with Crippen LogP contribution in [0.25, 0.3) is 11.3 Å². The smallest absolute Gasteiger partial charge is 0.270 e. The highest BCUT2D eigenvalue weighted by Crippen LogP contribution is 2.39. The summed E-state index contributed by atoms with van der Waals surface area (Å²) in [6.07, 6.45) is 5.76. The van der Waals surface area contributed by atoms with Crippen molar-refractivity contribution in [1.29, 1.82) is 5.26 Å². The SMILES string of the molecule is COc1ccc([N+](=O)[O-])cc1-c1ccc(C=Nc2sc3c(c2C#N)CCCC3)o1. The van der Waals surface area contributed by atoms with Crippen molar-refractivity contribution in [3.63, 3.8) is 0 Å². The van der Waals surface area contributed by atoms with Crippen molar-refractivity contribution in [2.45, 2.75) is 25.7 Å². The van der Waals surface area contributed by atoms with Gasteiger partial charge in [-0.2, -0.15) is 5.26 Å². The van der Waals surface area contributed by atoms with Crippen LogP contribution in [0.3, 0.4) is 0 Å². The number of nitrogens with zero attached hydrogens (tertiary/aromatic N) is 3. The van der Waals surface area contributed by atoms with Crippen molar-refractivity contribution in [3.8, 4) is 23.1 Å². The molecule has 0 saturated heterocycles. The number of rotatable bonds is 5. The number of benzene rings is 1. The molecule has 0 spiro atoms. The number of aliphatic imine (C=N–C) groups is 1. The summed E-state index contributed by atoms with van der Waals surface area (Å²) in [5, 5.41) is 21.3. The van der Waals surface area contributed by atoms with Gasteiger partial charge in [-0.15, -0.1) is 11.3 Å². The van der Waals surface area contributed by atoms with Crippen molar-refractivity contribution in [3.05, 3.63) is 62.2 Å². The molecule has 1 aliphatic rings. The molecule has 1 aliphatic carbocycles. The zero-order valence-electron chi connectivity index (χ0n) is 15.7. The number of hydrogen-bond acceptors (Lipinski definition) is 7. The van der Waals surface area contributed by atoms with Crippen LogP contribution in [0.5, 0.6) is 5.75 Å². The molecule has 0 N–H and O–H groups in total. The Morgan fingerprint density at radius 1 is 1.31 bits per heavy atom. The summed E-state index contributed by atoms with van der Waals surface area (Å²) in [4.78, 5) is 16.4. The molecule has 0 bridgehead atoms. The third-order valence-corrected chi connectivity index (χ3v) is 6.06. The number of non-ortho nitro benzene ring substituents is 1. The van der Waals surface area contributed by atoms with Crippen molar-refractivity contribution in [1.82, 2.24) is 0 Å². The van der Waals surface area contributed by atoms with Crippen LogP contribution in [0.4, 0.5) is 10.7 Å². The molecule has 1 aromatic carbocycles. The van der Waals surface area contributed by atoms with E-state index in [0.29, 0.717) is 33.4 Å². The normalized spacial score (nSPS) is 13.2. The maximum Gasteiger partial charge on any atom is 0.270 e. The quantitative estimate of drug-likeness (QED) is 0.319. The number of furan rings is 1. The van der Waals surface area contributed by atoms with Crippen molar-refractivity contribution in [2.75, 3.05) is 7.11 Å². The second kappa shape index (κ2) is 7.89. The van der Waals surface area contributed by atoms with E-state index in [-0.39, 0.29) is 5.69 Å². The van der Waals surface area contributed by atoms with Gasteiger partial charge in [0, 0.05) is 17.0 Å². The van der Waals surface area contributed by atoms with Gasteiger partial charge in [0.25, 0.3) is 5.69 Å². The first-order valence-electron chi connectivity index (χ1n) is 9.12. The lowest BCUT2D eigenvalue weighted by Crippen LogP contribution is -1.99. The summed E-state index contributed by atoms with van der Waals surface area (Å²) in [5.74, 6) is 1.41. The number of hydrogen-bond donors (Lipinski definition) is 0. The van der Waals surface area contributed by atoms with Gasteiger partial charge in [-0.05, 0) is 49.4 Å². The molecule has 3 aromatic rings. The molecule has 146 valence electrons. The second-order valence-electron chi connectivity index (χ2n) is 6.60. The van der Waals surface area contributed by atoms with E-state index in [1.807, 2.05) is 0 Å². The van der Waals surface area contributed by atoms with E-state index in [9.17, 15) is 15.4 Å². The summed E-state index contributed by atoms with van der Waals surface area (Å²) >= 11 is 1.56. The summed E-state index contributed by atoms with van der Waals surface area (Å²) in [5.41, 5.74) is 2.24. The van der Waals surface area contributed by atoms with Gasteiger partial charge in [0.1, 0.15) is 28.3 Å². The number of thiophene rings is 1. The van der Waals surface area contributed by atoms with Gasteiger partial charge < -0.3 is 9.15 Å². The zero-order valence-corrected chi connectivity index (χ0v) is 16.5. The number of nitro benzene ring substituents is 1. The Balaban J connectivity index is 1.64. The van der Waals surface area contributed by atoms with E-state index in [1.54, 1.807) is 35.8 Å². The molecule has 29 heavy (non-hydrogen) atoms. The molecule has 0 fully saturated rings. The van der Waals surface area contributed by atoms with Gasteiger partial charge in [0.2, 0.25) is 0 Å². The molecule has 7 nitrogen and oxygen atoms in total. The number of nitro groups is 1. The minimum Gasteiger partial charge on any atom is -0.496 e. The molecular weight excluding hydrogens is 390 g/mol. The first kappa shape index (κ1) is 18.9. The van der Waals surface area contributed by atoms with E-state index in [0.717, 1.165) is 31.2 Å². The molecule has 2 aromatic heterocycles. The minimum absolute atomic E-state index is 0.0461. The lowest BCUT2D eigenvalue weighted by atomic mass is 9.96. The Bertz CT molecular complexity index is 1150. The summed E-state index contributed by atoms with van der Waals surface area (Å²) in [7, 11) is 1.50. The first-order valence-corrected chi connectivity index (χ1v) is 9.93. The summed E-state index contributed by atoms with van der Waals surface area (Å²) in [6.45, 7) is 0. The van der Waals surface area contributed by atoms with E-state index in [4.69, 9.17) is 9.15 Å². The number of ether oxygens (including phenoxy) is 1. The number of nitriles is 1. The Morgan fingerprint density at radius 3 is 2.90 bits per heavy atom. The Morgan fingerprint density at radius 2 is 2.14 bits per heavy atom. The van der Waals surface area contributed by atoms with Gasteiger partial charge >= 0.3 is 0 Å². The van der Waals surface area contributed by atoms with Crippen LogP contribution in [-0.2, 0) is 12.8 Å². The van der Waals surface area contributed by atoms with Crippen LogP contribution < -0.4 is 4.74 Å². The van der Waals surface area contributed by atoms with Crippen LogP contribution in [0.15, 0.2) is 39.7 Å². The Labute approximate surface area is 171 Å². The van der Waals surface area contributed by atoms with Crippen LogP contribution >= 0.6 is 11.3 Å². The van der Waals surface area contributed by atoms with Gasteiger partial charge in [-0.3, -0.25) is 10.1 Å². The van der Waals surface area contributed by atoms with Crippen LogP contribution in [-0.4, -0.2) is 18.2 Å². The molecule has 2 heterocycles. The Hall–Kier alpha value is -3.44. The molecule has 0 atom stereocenters. The molecule has 0 unspecified atom stereocenters. The van der Waals surface area contributed by atoms with E-state index in [2.05, 4.69) is 11.1 Å². The zero-order chi connectivity index (χ0) is 20.4. The van der Waals surface area contributed by atoms with Gasteiger partial charge in [-0.1, -0.05) is 0 Å². The fraction of sp³-hybridized carbons (Fsp3) is 0.238. The van der Waals surface area contributed by atoms with Gasteiger partial charge in [0.05, 0.1) is 29.4 Å². The van der Waals surface area contributed by atoms with E-state index in [1.165, 1.54) is 24.1 Å². The first-order chi connectivity index (χ1) is 14.1. The average molecular weight is 407 g/mol. The topological polar surface area (TPSA) is 102 Å². The minimum atomic E-state index is -0.462. The summed E-state index contributed by atoms with van der Waals surface area (Å²) < 4.78 is 11.1. The van der Waals surface area contributed by atoms with Gasteiger partial charge in [-0.25, -0.2) is 4.99 Å². The van der Waals surface area contributed by atoms with E-state index < -0.39 is 4.92 Å². The molecule has 0 radical (unpaired) electrons. The van der Waals surface area contributed by atoms with Crippen molar-refractivity contribution in [2.24, 2.45) is 4.99 Å². The largest absolute Gasteiger partial charge is 0.496 e. The average Bonchev–Trinajstić information content (AvgIpc) is 3.35. The number of methoxy groups -OCH3 is 1. The molecule has 0 saturated carbocycles. The van der Waals surface area contributed by atoms with Crippen LogP contribution in [0.1, 0.15) is 34.6 Å². The lowest BCUT2D eigenvalue weighted by molar-refractivity contribution is -0.384. The fourth-order valence-corrected chi connectivity index (χ4v) is 4.63. The maximum atomic E-state index is 11.1. The van der Waals surface area contributed by atoms with E-state index >= 15 is 0 Å². The third-order valence-electron chi connectivity index (χ3n) is 4.86. The monoisotopic (exact) mass is 407 g/mol. The third kappa shape index (κ3) is 3.65. The highest BCUT2D eigenvalue weighted by Gasteiger charge is 2.20. The maximum absolute atomic E-state index is 11.1. The predicted octanol–water partition coefficient (Wildman–Crippen LogP) is 5.43. The molecule has 0 aliphatic heterocycles. The van der Waals surface area contributed by atoms with Crippen molar-refractivity contribution >= 4 is 28.2 Å². The lowest BCUT2D eigenvalue weighted by Gasteiger charge is -2.09.